The van der Waals surface area contributed by atoms with Crippen molar-refractivity contribution in [3.05, 3.63) is 59.4 Å². The van der Waals surface area contributed by atoms with Crippen molar-refractivity contribution in [1.82, 2.24) is 4.90 Å². The van der Waals surface area contributed by atoms with Crippen molar-refractivity contribution in [2.24, 2.45) is 0 Å². The first kappa shape index (κ1) is 16.8. The summed E-state index contributed by atoms with van der Waals surface area (Å²) in [6.45, 7) is 0.424. The Morgan fingerprint density at radius 2 is 1.78 bits per heavy atom. The number of amides is 1. The van der Waals surface area contributed by atoms with E-state index in [9.17, 15) is 9.18 Å². The van der Waals surface area contributed by atoms with E-state index in [-0.39, 0.29) is 18.1 Å². The highest BCUT2D eigenvalue weighted by molar-refractivity contribution is 5.78. The van der Waals surface area contributed by atoms with E-state index in [1.54, 1.807) is 44.4 Å². The number of hydrogen-bond donors (Lipinski definition) is 0. The van der Waals surface area contributed by atoms with Crippen LogP contribution in [0, 0.1) is 5.82 Å². The lowest BCUT2D eigenvalue weighted by molar-refractivity contribution is -0.129. The molecule has 0 aromatic heterocycles. The predicted molar refractivity (Wildman–Crippen MR) is 86.1 cm³/mol. The van der Waals surface area contributed by atoms with E-state index in [1.165, 1.54) is 12.1 Å². The molecular weight excluding hydrogens is 297 g/mol. The fourth-order valence-electron chi connectivity index (χ4n) is 2.24. The maximum Gasteiger partial charge on any atom is 0.227 e. The zero-order valence-corrected chi connectivity index (χ0v) is 13.5. The van der Waals surface area contributed by atoms with Crippen LogP contribution in [-0.4, -0.2) is 32.1 Å². The summed E-state index contributed by atoms with van der Waals surface area (Å²) in [6, 6.07) is 11.4. The lowest BCUT2D eigenvalue weighted by Crippen LogP contribution is -2.27. The Labute approximate surface area is 135 Å². The average Bonchev–Trinajstić information content (AvgIpc) is 2.57. The molecule has 0 fully saturated rings. The zero-order chi connectivity index (χ0) is 16.8. The first-order chi connectivity index (χ1) is 11.0. The number of benzene rings is 2. The molecule has 2 aromatic rings. The van der Waals surface area contributed by atoms with Crippen LogP contribution in [0.15, 0.2) is 42.5 Å². The minimum Gasteiger partial charge on any atom is -0.497 e. The van der Waals surface area contributed by atoms with Gasteiger partial charge in [0.05, 0.1) is 20.6 Å². The van der Waals surface area contributed by atoms with Crippen molar-refractivity contribution in [2.75, 3.05) is 21.3 Å². The molecule has 0 unspecified atom stereocenters. The predicted octanol–water partition coefficient (Wildman–Crippen LogP) is 3.04. The molecule has 0 radical (unpaired) electrons. The molecule has 0 saturated carbocycles. The highest BCUT2D eigenvalue weighted by atomic mass is 19.1. The van der Waals surface area contributed by atoms with Gasteiger partial charge in [0.15, 0.2) is 0 Å². The standard InChI is InChI=1S/C18H20FNO3/c1-20(18(21)10-13-4-7-15(19)8-5-13)12-14-6-9-16(22-2)11-17(14)23-3/h4-9,11H,10,12H2,1-3H3. The number of methoxy groups -OCH3 is 2. The van der Waals surface area contributed by atoms with Crippen molar-refractivity contribution in [1.29, 1.82) is 0 Å². The van der Waals surface area contributed by atoms with Gasteiger partial charge in [0, 0.05) is 25.2 Å². The number of likely N-dealkylation sites (N-methyl/N-ethyl adjacent to an activating group) is 1. The largest absolute Gasteiger partial charge is 0.497 e. The van der Waals surface area contributed by atoms with Crippen LogP contribution < -0.4 is 9.47 Å². The molecule has 0 aliphatic rings. The second-order valence-electron chi connectivity index (χ2n) is 5.23. The molecule has 0 saturated heterocycles. The van der Waals surface area contributed by atoms with Gasteiger partial charge < -0.3 is 14.4 Å². The molecule has 5 heteroatoms. The maximum absolute atomic E-state index is 12.9. The van der Waals surface area contributed by atoms with Crippen LogP contribution in [0.1, 0.15) is 11.1 Å². The van der Waals surface area contributed by atoms with Crippen molar-refractivity contribution in [3.8, 4) is 11.5 Å². The SMILES string of the molecule is COc1ccc(CN(C)C(=O)Cc2ccc(F)cc2)c(OC)c1. The number of carbonyl (C=O) groups is 1. The van der Waals surface area contributed by atoms with Crippen LogP contribution in [0.5, 0.6) is 11.5 Å². The number of carbonyl (C=O) groups excluding carboxylic acids is 1. The minimum atomic E-state index is -0.308. The molecule has 23 heavy (non-hydrogen) atoms. The van der Waals surface area contributed by atoms with Crippen LogP contribution in [0.2, 0.25) is 0 Å². The van der Waals surface area contributed by atoms with E-state index in [2.05, 4.69) is 0 Å². The van der Waals surface area contributed by atoms with Gasteiger partial charge in [-0.2, -0.15) is 0 Å². The summed E-state index contributed by atoms with van der Waals surface area (Å²) in [4.78, 5) is 13.9. The molecule has 0 N–H and O–H groups in total. The summed E-state index contributed by atoms with van der Waals surface area (Å²) in [6.07, 6.45) is 0.231. The third kappa shape index (κ3) is 4.45. The summed E-state index contributed by atoms with van der Waals surface area (Å²) in [5.41, 5.74) is 1.67. The quantitative estimate of drug-likeness (QED) is 0.822. The second-order valence-corrected chi connectivity index (χ2v) is 5.23. The van der Waals surface area contributed by atoms with Crippen LogP contribution in [0.4, 0.5) is 4.39 Å². The molecule has 4 nitrogen and oxygen atoms in total. The fourth-order valence-corrected chi connectivity index (χ4v) is 2.24. The smallest absolute Gasteiger partial charge is 0.227 e. The van der Waals surface area contributed by atoms with E-state index in [1.807, 2.05) is 12.1 Å². The molecule has 0 atom stereocenters. The molecular formula is C18H20FNO3. The third-order valence-corrected chi connectivity index (χ3v) is 3.60. The molecule has 122 valence electrons. The summed E-state index contributed by atoms with van der Waals surface area (Å²) in [7, 11) is 4.90. The van der Waals surface area contributed by atoms with Gasteiger partial charge in [-0.1, -0.05) is 12.1 Å². The van der Waals surface area contributed by atoms with Gasteiger partial charge in [0.2, 0.25) is 5.91 Å². The maximum atomic E-state index is 12.9. The molecule has 2 rings (SSSR count). The summed E-state index contributed by atoms with van der Waals surface area (Å²) in [5.74, 6) is 1.02. The van der Waals surface area contributed by atoms with Gasteiger partial charge in [0.25, 0.3) is 0 Å². The Bertz CT molecular complexity index is 670. The number of halogens is 1. The van der Waals surface area contributed by atoms with Gasteiger partial charge in [-0.25, -0.2) is 4.39 Å². The summed E-state index contributed by atoms with van der Waals surface area (Å²) >= 11 is 0. The monoisotopic (exact) mass is 317 g/mol. The Kier molecular flexibility index (Phi) is 5.57. The topological polar surface area (TPSA) is 38.8 Å². The van der Waals surface area contributed by atoms with E-state index < -0.39 is 0 Å². The molecule has 0 heterocycles. The van der Waals surface area contributed by atoms with Crippen molar-refractivity contribution < 1.29 is 18.7 Å². The number of hydrogen-bond acceptors (Lipinski definition) is 3. The van der Waals surface area contributed by atoms with Crippen LogP contribution in [0.3, 0.4) is 0 Å². The Hall–Kier alpha value is -2.56. The lowest BCUT2D eigenvalue weighted by atomic mass is 10.1. The first-order valence-electron chi connectivity index (χ1n) is 7.22. The van der Waals surface area contributed by atoms with Crippen LogP contribution in [-0.2, 0) is 17.8 Å². The average molecular weight is 317 g/mol. The number of ether oxygens (including phenoxy) is 2. The van der Waals surface area contributed by atoms with Crippen LogP contribution in [0.25, 0.3) is 0 Å². The Morgan fingerprint density at radius 3 is 2.39 bits per heavy atom. The molecule has 2 aromatic carbocycles. The summed E-state index contributed by atoms with van der Waals surface area (Å²) in [5, 5.41) is 0. The van der Waals surface area contributed by atoms with E-state index in [0.717, 1.165) is 11.1 Å². The fraction of sp³-hybridized carbons (Fsp3) is 0.278. The normalized spacial score (nSPS) is 10.3. The number of nitrogens with zero attached hydrogens (tertiary/aromatic N) is 1. The highest BCUT2D eigenvalue weighted by Gasteiger charge is 2.13. The number of rotatable bonds is 6. The van der Waals surface area contributed by atoms with E-state index in [4.69, 9.17) is 9.47 Å². The first-order valence-corrected chi connectivity index (χ1v) is 7.22. The minimum absolute atomic E-state index is 0.0468. The molecule has 1 amide bonds. The molecule has 0 spiro atoms. The van der Waals surface area contributed by atoms with E-state index in [0.29, 0.717) is 18.0 Å². The lowest BCUT2D eigenvalue weighted by Gasteiger charge is -2.19. The van der Waals surface area contributed by atoms with Gasteiger partial charge in [-0.05, 0) is 29.8 Å². The highest BCUT2D eigenvalue weighted by Crippen LogP contribution is 2.25. The Morgan fingerprint density at radius 1 is 1.09 bits per heavy atom. The third-order valence-electron chi connectivity index (χ3n) is 3.60. The van der Waals surface area contributed by atoms with Gasteiger partial charge in [-0.15, -0.1) is 0 Å². The van der Waals surface area contributed by atoms with Gasteiger partial charge in [-0.3, -0.25) is 4.79 Å². The van der Waals surface area contributed by atoms with Crippen LogP contribution >= 0.6 is 0 Å². The van der Waals surface area contributed by atoms with Gasteiger partial charge in [0.1, 0.15) is 17.3 Å². The zero-order valence-electron chi connectivity index (χ0n) is 13.5. The summed E-state index contributed by atoms with van der Waals surface area (Å²) < 4.78 is 23.4. The molecule has 0 aliphatic heterocycles. The Balaban J connectivity index is 2.04. The van der Waals surface area contributed by atoms with E-state index >= 15 is 0 Å². The molecule has 0 aliphatic carbocycles. The van der Waals surface area contributed by atoms with Crippen molar-refractivity contribution >= 4 is 5.91 Å². The molecule has 0 bridgehead atoms. The van der Waals surface area contributed by atoms with Gasteiger partial charge >= 0.3 is 0 Å². The second kappa shape index (κ2) is 7.63. The van der Waals surface area contributed by atoms with Crippen molar-refractivity contribution in [3.63, 3.8) is 0 Å². The van der Waals surface area contributed by atoms with Crippen molar-refractivity contribution in [2.45, 2.75) is 13.0 Å².